The Morgan fingerprint density at radius 1 is 1.31 bits per heavy atom. The molecule has 0 spiro atoms. The maximum absolute atomic E-state index is 14.9. The summed E-state index contributed by atoms with van der Waals surface area (Å²) < 4.78 is 20.5. The Morgan fingerprint density at radius 3 is 2.72 bits per heavy atom. The molecule has 8 nitrogen and oxygen atoms in total. The van der Waals surface area contributed by atoms with Gasteiger partial charge in [-0.3, -0.25) is 19.3 Å². The lowest BCUT2D eigenvalue weighted by molar-refractivity contribution is -0.125. The number of halogens is 2. The van der Waals surface area contributed by atoms with Crippen LogP contribution in [-0.4, -0.2) is 68.1 Å². The Morgan fingerprint density at radius 2 is 2.11 bits per heavy atom. The molecule has 2 aromatic rings. The summed E-state index contributed by atoms with van der Waals surface area (Å²) in [7, 11) is 0. The van der Waals surface area contributed by atoms with Crippen LogP contribution in [0.15, 0.2) is 30.3 Å². The zero-order chi connectivity index (χ0) is 25.7. The molecule has 1 aliphatic heterocycles. The quantitative estimate of drug-likeness (QED) is 0.482. The van der Waals surface area contributed by atoms with E-state index in [1.165, 1.54) is 34.8 Å². The average molecular weight is 537 g/mol. The van der Waals surface area contributed by atoms with Crippen molar-refractivity contribution >= 4 is 52.0 Å². The number of thiophene rings is 1. The summed E-state index contributed by atoms with van der Waals surface area (Å²) in [4.78, 5) is 41.9. The number of nitrogens with one attached hydrogen (secondary N) is 2. The van der Waals surface area contributed by atoms with Crippen LogP contribution < -0.4 is 15.5 Å². The van der Waals surface area contributed by atoms with E-state index in [1.54, 1.807) is 18.2 Å². The van der Waals surface area contributed by atoms with Crippen molar-refractivity contribution in [2.24, 2.45) is 5.92 Å². The van der Waals surface area contributed by atoms with E-state index in [1.807, 2.05) is 6.92 Å². The van der Waals surface area contributed by atoms with Crippen molar-refractivity contribution in [2.75, 3.05) is 49.6 Å². The topological polar surface area (TPSA) is 91.0 Å². The van der Waals surface area contributed by atoms with Crippen LogP contribution in [0.5, 0.6) is 0 Å². The minimum absolute atomic E-state index is 0.0865. The van der Waals surface area contributed by atoms with E-state index < -0.39 is 11.9 Å². The molecule has 36 heavy (non-hydrogen) atoms. The largest absolute Gasteiger partial charge is 0.370 e. The van der Waals surface area contributed by atoms with Crippen LogP contribution in [0.25, 0.3) is 0 Å². The summed E-state index contributed by atoms with van der Waals surface area (Å²) in [6, 6.07) is 6.93. The Bertz CT molecular complexity index is 1110. The summed E-state index contributed by atoms with van der Waals surface area (Å²) in [5.74, 6) is -1.03. The number of carbonyl (C=O) groups is 3. The van der Waals surface area contributed by atoms with Gasteiger partial charge in [0, 0.05) is 25.3 Å². The van der Waals surface area contributed by atoms with Crippen molar-refractivity contribution in [1.29, 1.82) is 0 Å². The normalized spacial score (nSPS) is 17.1. The van der Waals surface area contributed by atoms with Crippen molar-refractivity contribution < 1.29 is 23.5 Å². The zero-order valence-corrected chi connectivity index (χ0v) is 21.7. The van der Waals surface area contributed by atoms with Gasteiger partial charge in [-0.25, -0.2) is 4.39 Å². The van der Waals surface area contributed by atoms with Gasteiger partial charge in [-0.2, -0.15) is 0 Å². The molecule has 1 aromatic heterocycles. The number of benzene rings is 1. The predicted molar refractivity (Wildman–Crippen MR) is 138 cm³/mol. The number of anilines is 2. The number of morpholine rings is 1. The molecule has 1 aromatic carbocycles. The van der Waals surface area contributed by atoms with Gasteiger partial charge in [0.25, 0.3) is 11.8 Å². The van der Waals surface area contributed by atoms with Gasteiger partial charge in [0.2, 0.25) is 5.91 Å². The first-order valence-electron chi connectivity index (χ1n) is 12.1. The molecule has 0 radical (unpaired) electrons. The first kappa shape index (κ1) is 26.5. The predicted octanol–water partition coefficient (Wildman–Crippen LogP) is 3.76. The number of nitrogens with zero attached hydrogens (tertiary/aromatic N) is 2. The highest BCUT2D eigenvalue weighted by atomic mass is 35.5. The molecule has 3 amide bonds. The number of ether oxygens (including phenoxy) is 1. The van der Waals surface area contributed by atoms with E-state index in [0.717, 1.165) is 19.4 Å². The first-order chi connectivity index (χ1) is 17.4. The molecule has 2 aliphatic rings. The highest BCUT2D eigenvalue weighted by molar-refractivity contribution is 7.18. The van der Waals surface area contributed by atoms with Crippen molar-refractivity contribution in [2.45, 2.75) is 32.2 Å². The smallest absolute Gasteiger partial charge is 0.261 e. The lowest BCUT2D eigenvalue weighted by Crippen LogP contribution is -2.52. The molecule has 1 saturated heterocycles. The third-order valence-electron chi connectivity index (χ3n) is 6.61. The molecule has 194 valence electrons. The van der Waals surface area contributed by atoms with E-state index >= 15 is 0 Å². The third-order valence-corrected chi connectivity index (χ3v) is 7.84. The average Bonchev–Trinajstić information content (AvgIpc) is 3.27. The lowest BCUT2D eigenvalue weighted by atomic mass is 9.85. The van der Waals surface area contributed by atoms with Crippen LogP contribution in [0.1, 0.15) is 35.9 Å². The number of hydrogen-bond acceptors (Lipinski definition) is 6. The maximum atomic E-state index is 14.9. The Hall–Kier alpha value is -2.53. The monoisotopic (exact) mass is 536 g/mol. The Labute approximate surface area is 218 Å². The summed E-state index contributed by atoms with van der Waals surface area (Å²) in [6.45, 7) is 3.98. The molecule has 0 unspecified atom stereocenters. The van der Waals surface area contributed by atoms with Crippen LogP contribution in [0.4, 0.5) is 15.8 Å². The van der Waals surface area contributed by atoms with Crippen LogP contribution in [-0.2, 0) is 14.3 Å². The fraction of sp³-hybridized carbons (Fsp3) is 0.480. The zero-order valence-electron chi connectivity index (χ0n) is 20.1. The van der Waals surface area contributed by atoms with Gasteiger partial charge < -0.3 is 20.3 Å². The van der Waals surface area contributed by atoms with Crippen LogP contribution in [0.3, 0.4) is 0 Å². The molecule has 0 bridgehead atoms. The highest BCUT2D eigenvalue weighted by Gasteiger charge is 2.30. The van der Waals surface area contributed by atoms with Gasteiger partial charge in [-0.1, -0.05) is 24.9 Å². The first-order valence-corrected chi connectivity index (χ1v) is 13.3. The van der Waals surface area contributed by atoms with Crippen LogP contribution >= 0.6 is 22.9 Å². The Kier molecular flexibility index (Phi) is 8.95. The van der Waals surface area contributed by atoms with E-state index in [-0.39, 0.29) is 48.8 Å². The standard InChI is InChI=1S/C25H30ClFN4O4S/c1-2-30(14-16-4-3-5-16)20(13-28-25(34)21-8-9-22(26)36-21)24(33)29-17-6-7-19(18(27)12-17)31-10-11-35-15-23(31)32/h6-9,12,16,20H,2-5,10-11,13-15H2,1H3,(H,28,34)(H,29,33)/t20-/m1/s1. The van der Waals surface area contributed by atoms with Gasteiger partial charge in [0.15, 0.2) is 0 Å². The molecule has 1 aliphatic carbocycles. The SMILES string of the molecule is CCN(CC1CCC1)[C@H](CNC(=O)c1ccc(Cl)s1)C(=O)Nc1ccc(N2CCOCC2=O)c(F)c1. The van der Waals surface area contributed by atoms with Crippen molar-refractivity contribution in [3.8, 4) is 0 Å². The van der Waals surface area contributed by atoms with Gasteiger partial charge >= 0.3 is 0 Å². The van der Waals surface area contributed by atoms with Crippen molar-refractivity contribution in [1.82, 2.24) is 10.2 Å². The third kappa shape index (κ3) is 6.42. The van der Waals surface area contributed by atoms with Crippen molar-refractivity contribution in [3.05, 3.63) is 45.4 Å². The number of likely N-dealkylation sites (N-methyl/N-ethyl adjacent to an activating group) is 1. The molecule has 1 saturated carbocycles. The maximum Gasteiger partial charge on any atom is 0.261 e. The van der Waals surface area contributed by atoms with Gasteiger partial charge in [-0.05, 0) is 55.6 Å². The van der Waals surface area contributed by atoms with E-state index in [4.69, 9.17) is 16.3 Å². The summed E-state index contributed by atoms with van der Waals surface area (Å²) in [6.07, 6.45) is 3.43. The molecular weight excluding hydrogens is 507 g/mol. The van der Waals surface area contributed by atoms with Gasteiger partial charge in [-0.15, -0.1) is 11.3 Å². The number of amides is 3. The van der Waals surface area contributed by atoms with Gasteiger partial charge in [0.05, 0.1) is 21.5 Å². The lowest BCUT2D eigenvalue weighted by Gasteiger charge is -2.36. The molecule has 2 N–H and O–H groups in total. The molecule has 2 heterocycles. The minimum atomic E-state index is -0.640. The van der Waals surface area contributed by atoms with E-state index in [2.05, 4.69) is 15.5 Å². The summed E-state index contributed by atoms with van der Waals surface area (Å²) in [5, 5.41) is 5.65. The molecule has 11 heteroatoms. The number of carbonyl (C=O) groups excluding carboxylic acids is 3. The van der Waals surface area contributed by atoms with Crippen LogP contribution in [0.2, 0.25) is 4.34 Å². The number of hydrogen-bond donors (Lipinski definition) is 2. The van der Waals surface area contributed by atoms with E-state index in [9.17, 15) is 18.8 Å². The Balaban J connectivity index is 1.47. The molecular formula is C25H30ClFN4O4S. The van der Waals surface area contributed by atoms with E-state index in [0.29, 0.717) is 28.3 Å². The number of rotatable bonds is 10. The summed E-state index contributed by atoms with van der Waals surface area (Å²) >= 11 is 7.12. The second-order valence-electron chi connectivity index (χ2n) is 8.97. The fourth-order valence-electron chi connectivity index (χ4n) is 4.39. The second kappa shape index (κ2) is 12.1. The van der Waals surface area contributed by atoms with Crippen molar-refractivity contribution in [3.63, 3.8) is 0 Å². The van der Waals surface area contributed by atoms with Crippen LogP contribution in [0, 0.1) is 11.7 Å². The minimum Gasteiger partial charge on any atom is -0.370 e. The summed E-state index contributed by atoms with van der Waals surface area (Å²) in [5.41, 5.74) is 0.433. The highest BCUT2D eigenvalue weighted by Crippen LogP contribution is 2.28. The molecule has 2 fully saturated rings. The molecule has 4 rings (SSSR count). The van der Waals surface area contributed by atoms with Gasteiger partial charge in [0.1, 0.15) is 18.5 Å². The second-order valence-corrected chi connectivity index (χ2v) is 10.7. The molecule has 1 atom stereocenters. The fourth-order valence-corrected chi connectivity index (χ4v) is 5.35.